The third-order valence-electron chi connectivity index (χ3n) is 5.05. The summed E-state index contributed by atoms with van der Waals surface area (Å²) in [5, 5.41) is 0. The Labute approximate surface area is 164 Å². The van der Waals surface area contributed by atoms with Gasteiger partial charge in [0, 0.05) is 11.8 Å². The molecular formula is C22H17F3N2O2. The van der Waals surface area contributed by atoms with Crippen LogP contribution in [0.25, 0.3) is 27.8 Å². The Kier molecular flexibility index (Phi) is 4.53. The van der Waals surface area contributed by atoms with Crippen molar-refractivity contribution in [1.29, 1.82) is 0 Å². The number of methoxy groups -OCH3 is 1. The second kappa shape index (κ2) is 6.92. The van der Waals surface area contributed by atoms with Crippen molar-refractivity contribution in [3.8, 4) is 11.3 Å². The van der Waals surface area contributed by atoms with Gasteiger partial charge in [0.05, 0.1) is 40.8 Å². The van der Waals surface area contributed by atoms with E-state index in [-0.39, 0.29) is 5.56 Å². The van der Waals surface area contributed by atoms with Gasteiger partial charge in [0.15, 0.2) is 0 Å². The van der Waals surface area contributed by atoms with Crippen LogP contribution in [0.5, 0.6) is 0 Å². The van der Waals surface area contributed by atoms with Crippen molar-refractivity contribution in [2.75, 3.05) is 7.11 Å². The Balaban J connectivity index is 1.86. The van der Waals surface area contributed by atoms with E-state index in [0.717, 1.165) is 18.0 Å². The van der Waals surface area contributed by atoms with Gasteiger partial charge in [-0.25, -0.2) is 9.78 Å². The Hall–Kier alpha value is -3.35. The number of carbonyl (C=O) groups is 1. The van der Waals surface area contributed by atoms with Gasteiger partial charge in [-0.2, -0.15) is 13.2 Å². The van der Waals surface area contributed by atoms with Crippen LogP contribution in [0.2, 0.25) is 0 Å². The molecule has 1 atom stereocenters. The van der Waals surface area contributed by atoms with Crippen molar-refractivity contribution in [3.63, 3.8) is 0 Å². The van der Waals surface area contributed by atoms with Crippen LogP contribution < -0.4 is 0 Å². The van der Waals surface area contributed by atoms with Gasteiger partial charge in [-0.3, -0.25) is 0 Å². The van der Waals surface area contributed by atoms with Crippen LogP contribution in [0.3, 0.4) is 0 Å². The van der Waals surface area contributed by atoms with Gasteiger partial charge in [0.2, 0.25) is 0 Å². The number of esters is 1. The molecule has 0 N–H and O–H groups in total. The molecule has 4 rings (SSSR count). The average molecular weight is 398 g/mol. The smallest absolute Gasteiger partial charge is 0.395 e. The molecule has 4 aromatic rings. The van der Waals surface area contributed by atoms with Crippen molar-refractivity contribution in [1.82, 2.24) is 9.38 Å². The molecular weight excluding hydrogens is 381 g/mol. The van der Waals surface area contributed by atoms with Gasteiger partial charge < -0.3 is 9.14 Å². The molecule has 0 amide bonds. The number of alkyl halides is 3. The number of carbonyl (C=O) groups excluding carboxylic acids is 1. The maximum atomic E-state index is 13.0. The van der Waals surface area contributed by atoms with Crippen molar-refractivity contribution in [3.05, 3.63) is 71.9 Å². The fourth-order valence-corrected chi connectivity index (χ4v) is 3.35. The number of aromatic nitrogens is 2. The zero-order valence-corrected chi connectivity index (χ0v) is 15.7. The topological polar surface area (TPSA) is 43.6 Å². The van der Waals surface area contributed by atoms with Gasteiger partial charge in [0.25, 0.3) is 0 Å². The molecule has 0 spiro atoms. The van der Waals surface area contributed by atoms with E-state index >= 15 is 0 Å². The van der Waals surface area contributed by atoms with E-state index in [1.165, 1.54) is 19.2 Å². The number of nitrogens with zero attached hydrogens (tertiary/aromatic N) is 2. The van der Waals surface area contributed by atoms with Crippen molar-refractivity contribution in [2.24, 2.45) is 0 Å². The van der Waals surface area contributed by atoms with E-state index < -0.39 is 18.1 Å². The second-order valence-electron chi connectivity index (χ2n) is 6.80. The molecule has 2 heterocycles. The summed E-state index contributed by atoms with van der Waals surface area (Å²) in [5.74, 6) is -2.01. The highest BCUT2D eigenvalue weighted by Crippen LogP contribution is 2.35. The maximum absolute atomic E-state index is 13.0. The molecule has 0 radical (unpaired) electrons. The first-order chi connectivity index (χ1) is 13.8. The summed E-state index contributed by atoms with van der Waals surface area (Å²) in [5.41, 5.74) is 4.09. The Morgan fingerprint density at radius 2 is 1.79 bits per heavy atom. The van der Waals surface area contributed by atoms with Crippen LogP contribution in [0, 0.1) is 0 Å². The van der Waals surface area contributed by atoms with Crippen LogP contribution >= 0.6 is 0 Å². The number of halogens is 3. The molecule has 7 heteroatoms. The van der Waals surface area contributed by atoms with Crippen LogP contribution in [0.1, 0.15) is 28.8 Å². The molecule has 0 aliphatic heterocycles. The van der Waals surface area contributed by atoms with Gasteiger partial charge in [-0.1, -0.05) is 24.3 Å². The minimum Gasteiger partial charge on any atom is -0.465 e. The first-order valence-electron chi connectivity index (χ1n) is 8.96. The molecule has 0 bridgehead atoms. The van der Waals surface area contributed by atoms with Gasteiger partial charge in [-0.15, -0.1) is 0 Å². The fourth-order valence-electron chi connectivity index (χ4n) is 3.35. The zero-order valence-electron chi connectivity index (χ0n) is 15.7. The van der Waals surface area contributed by atoms with E-state index in [1.807, 2.05) is 22.7 Å². The molecule has 0 saturated heterocycles. The lowest BCUT2D eigenvalue weighted by Crippen LogP contribution is -2.17. The Morgan fingerprint density at radius 3 is 2.45 bits per heavy atom. The summed E-state index contributed by atoms with van der Waals surface area (Å²) >= 11 is 0. The van der Waals surface area contributed by atoms with Crippen molar-refractivity contribution in [2.45, 2.75) is 19.0 Å². The molecule has 1 unspecified atom stereocenters. The summed E-state index contributed by atoms with van der Waals surface area (Å²) in [4.78, 5) is 16.6. The molecule has 29 heavy (non-hydrogen) atoms. The summed E-state index contributed by atoms with van der Waals surface area (Å²) in [6.07, 6.45) is -2.41. The zero-order chi connectivity index (χ0) is 20.8. The molecule has 0 aliphatic rings. The number of fused-ring (bicyclic) bond motifs is 3. The van der Waals surface area contributed by atoms with Gasteiger partial charge >= 0.3 is 12.1 Å². The molecule has 2 aromatic carbocycles. The van der Waals surface area contributed by atoms with E-state index in [2.05, 4.69) is 0 Å². The average Bonchev–Trinajstić information content (AvgIpc) is 3.21. The number of ether oxygens (including phenoxy) is 1. The lowest BCUT2D eigenvalue weighted by Gasteiger charge is -2.16. The molecule has 0 saturated carbocycles. The van der Waals surface area contributed by atoms with E-state index in [0.29, 0.717) is 22.3 Å². The normalized spacial score (nSPS) is 13.0. The first-order valence-corrected chi connectivity index (χ1v) is 8.96. The summed E-state index contributed by atoms with van der Waals surface area (Å²) in [6.45, 7) is 1.14. The Bertz CT molecular complexity index is 1210. The first kappa shape index (κ1) is 19.0. The molecule has 148 valence electrons. The molecule has 0 fully saturated rings. The number of hydrogen-bond acceptors (Lipinski definition) is 3. The van der Waals surface area contributed by atoms with Crippen LogP contribution in [-0.4, -0.2) is 28.6 Å². The van der Waals surface area contributed by atoms with Crippen molar-refractivity contribution < 1.29 is 22.7 Å². The van der Waals surface area contributed by atoms with Crippen LogP contribution in [-0.2, 0) is 4.74 Å². The van der Waals surface area contributed by atoms with Crippen LogP contribution in [0.15, 0.2) is 60.8 Å². The number of benzene rings is 2. The van der Waals surface area contributed by atoms with E-state index in [1.54, 1.807) is 30.3 Å². The number of rotatable bonds is 3. The quantitative estimate of drug-likeness (QED) is 0.422. The predicted octanol–water partition coefficient (Wildman–Crippen LogP) is 5.61. The standard InChI is InChI=1S/C22H17F3N2O2/c1-13(22(23,24)25)14-5-7-15(8-6-14)20-19-4-3-11-27(19)18-10-9-16(21(28)29-2)12-17(18)26-20/h3-13H,1-2H3. The summed E-state index contributed by atoms with van der Waals surface area (Å²) in [6, 6.07) is 15.1. The largest absolute Gasteiger partial charge is 0.465 e. The second-order valence-corrected chi connectivity index (χ2v) is 6.80. The SMILES string of the molecule is COC(=O)c1ccc2c(c1)nc(-c1ccc(C(C)C(F)(F)F)cc1)c1cccn12. The monoisotopic (exact) mass is 398 g/mol. The predicted molar refractivity (Wildman–Crippen MR) is 104 cm³/mol. The third-order valence-corrected chi connectivity index (χ3v) is 5.05. The highest BCUT2D eigenvalue weighted by Gasteiger charge is 2.36. The van der Waals surface area contributed by atoms with Crippen molar-refractivity contribution >= 4 is 22.5 Å². The molecule has 4 nitrogen and oxygen atoms in total. The number of hydrogen-bond donors (Lipinski definition) is 0. The highest BCUT2D eigenvalue weighted by molar-refractivity contribution is 5.95. The Morgan fingerprint density at radius 1 is 1.07 bits per heavy atom. The molecule has 0 aliphatic carbocycles. The summed E-state index contributed by atoms with van der Waals surface area (Å²) < 4.78 is 45.6. The minimum absolute atomic E-state index is 0.196. The maximum Gasteiger partial charge on any atom is 0.395 e. The molecule has 2 aromatic heterocycles. The lowest BCUT2D eigenvalue weighted by molar-refractivity contribution is -0.146. The van der Waals surface area contributed by atoms with E-state index in [4.69, 9.17) is 9.72 Å². The minimum atomic E-state index is -4.29. The van der Waals surface area contributed by atoms with Gasteiger partial charge in [-0.05, 0) is 42.8 Å². The fraction of sp³-hybridized carbons (Fsp3) is 0.182. The summed E-state index contributed by atoms with van der Waals surface area (Å²) in [7, 11) is 1.31. The van der Waals surface area contributed by atoms with E-state index in [9.17, 15) is 18.0 Å². The van der Waals surface area contributed by atoms with Gasteiger partial charge in [0.1, 0.15) is 0 Å². The lowest BCUT2D eigenvalue weighted by atomic mass is 9.98. The third kappa shape index (κ3) is 3.33. The highest BCUT2D eigenvalue weighted by atomic mass is 19.4. The van der Waals surface area contributed by atoms with Crippen LogP contribution in [0.4, 0.5) is 13.2 Å².